The molecule has 1 saturated heterocycles. The van der Waals surface area contributed by atoms with E-state index in [-0.39, 0.29) is 12.0 Å². The number of carbonyl (C=O) groups excluding carboxylic acids is 1. The molecule has 12 heavy (non-hydrogen) atoms. The Kier molecular flexibility index (Phi) is 3.09. The molecule has 1 aliphatic heterocycles. The van der Waals surface area contributed by atoms with Crippen LogP contribution in [0, 0.1) is 5.92 Å². The first kappa shape index (κ1) is 9.52. The number of hydrogen-bond donors (Lipinski definition) is 0. The van der Waals surface area contributed by atoms with Crippen LogP contribution in [0.3, 0.4) is 0 Å². The molecule has 0 saturated carbocycles. The summed E-state index contributed by atoms with van der Waals surface area (Å²) >= 11 is 0. The first-order valence-electron chi connectivity index (χ1n) is 4.53. The average molecular weight is 171 g/mol. The molecule has 70 valence electrons. The number of carbonyl (C=O) groups is 1. The van der Waals surface area contributed by atoms with Gasteiger partial charge in [-0.15, -0.1) is 0 Å². The van der Waals surface area contributed by atoms with Crippen LogP contribution in [0.25, 0.3) is 0 Å². The number of likely N-dealkylation sites (N-methyl/N-ethyl adjacent to an activating group) is 1. The van der Waals surface area contributed by atoms with E-state index in [1.807, 2.05) is 14.0 Å². The first-order chi connectivity index (χ1) is 5.66. The van der Waals surface area contributed by atoms with Crippen LogP contribution in [-0.2, 0) is 9.53 Å². The Labute approximate surface area is 73.7 Å². The van der Waals surface area contributed by atoms with E-state index in [1.54, 1.807) is 4.90 Å². The van der Waals surface area contributed by atoms with Gasteiger partial charge in [0, 0.05) is 20.2 Å². The van der Waals surface area contributed by atoms with Gasteiger partial charge in [-0.1, -0.05) is 6.92 Å². The van der Waals surface area contributed by atoms with Gasteiger partial charge in [0.05, 0.1) is 0 Å². The molecule has 0 aromatic heterocycles. The van der Waals surface area contributed by atoms with Crippen molar-refractivity contribution in [1.82, 2.24) is 4.90 Å². The standard InChI is InChI=1S/C9H17NO2/c1-4-10(3)9(11)8-7(2)5-6-12-8/h7-8H,4-6H2,1-3H3. The summed E-state index contributed by atoms with van der Waals surface area (Å²) in [6.45, 7) is 5.52. The molecule has 2 unspecified atom stereocenters. The Hall–Kier alpha value is -0.570. The van der Waals surface area contributed by atoms with Crippen molar-refractivity contribution in [1.29, 1.82) is 0 Å². The second-order valence-corrected chi connectivity index (χ2v) is 3.41. The van der Waals surface area contributed by atoms with Crippen LogP contribution in [0.15, 0.2) is 0 Å². The summed E-state index contributed by atoms with van der Waals surface area (Å²) in [6, 6.07) is 0. The SMILES string of the molecule is CCN(C)C(=O)C1OCCC1C. The third kappa shape index (κ3) is 1.78. The fourth-order valence-corrected chi connectivity index (χ4v) is 1.38. The van der Waals surface area contributed by atoms with Crippen LogP contribution in [0.4, 0.5) is 0 Å². The Balaban J connectivity index is 2.51. The maximum atomic E-state index is 11.6. The molecule has 3 nitrogen and oxygen atoms in total. The van der Waals surface area contributed by atoms with Gasteiger partial charge >= 0.3 is 0 Å². The number of rotatable bonds is 2. The van der Waals surface area contributed by atoms with Crippen LogP contribution >= 0.6 is 0 Å². The first-order valence-corrected chi connectivity index (χ1v) is 4.53. The topological polar surface area (TPSA) is 29.5 Å². The largest absolute Gasteiger partial charge is 0.368 e. The van der Waals surface area contributed by atoms with Crippen LogP contribution < -0.4 is 0 Å². The van der Waals surface area contributed by atoms with Crippen molar-refractivity contribution < 1.29 is 9.53 Å². The Bertz CT molecular complexity index is 170. The molecule has 1 aliphatic rings. The second-order valence-electron chi connectivity index (χ2n) is 3.41. The molecule has 0 aromatic rings. The minimum Gasteiger partial charge on any atom is -0.368 e. The molecule has 1 amide bonds. The van der Waals surface area contributed by atoms with Crippen molar-refractivity contribution in [2.24, 2.45) is 5.92 Å². The van der Waals surface area contributed by atoms with Crippen molar-refractivity contribution in [3.05, 3.63) is 0 Å². The van der Waals surface area contributed by atoms with Gasteiger partial charge in [-0.25, -0.2) is 0 Å². The van der Waals surface area contributed by atoms with Crippen LogP contribution in [-0.4, -0.2) is 37.1 Å². The maximum absolute atomic E-state index is 11.6. The Morgan fingerprint density at radius 2 is 2.33 bits per heavy atom. The van der Waals surface area contributed by atoms with Gasteiger partial charge in [-0.3, -0.25) is 4.79 Å². The van der Waals surface area contributed by atoms with Crippen molar-refractivity contribution >= 4 is 5.91 Å². The predicted molar refractivity (Wildman–Crippen MR) is 46.8 cm³/mol. The Morgan fingerprint density at radius 1 is 1.67 bits per heavy atom. The zero-order valence-corrected chi connectivity index (χ0v) is 8.04. The van der Waals surface area contributed by atoms with Gasteiger partial charge in [0.2, 0.25) is 0 Å². The van der Waals surface area contributed by atoms with Crippen molar-refractivity contribution in [3.8, 4) is 0 Å². The molecule has 0 bridgehead atoms. The lowest BCUT2D eigenvalue weighted by Gasteiger charge is -2.21. The fraction of sp³-hybridized carbons (Fsp3) is 0.889. The van der Waals surface area contributed by atoms with E-state index in [2.05, 4.69) is 6.92 Å². The molecular formula is C9H17NO2. The van der Waals surface area contributed by atoms with E-state index in [9.17, 15) is 4.79 Å². The Morgan fingerprint density at radius 3 is 2.75 bits per heavy atom. The van der Waals surface area contributed by atoms with Gasteiger partial charge in [-0.05, 0) is 19.3 Å². The van der Waals surface area contributed by atoms with E-state index in [1.165, 1.54) is 0 Å². The molecule has 2 atom stereocenters. The molecule has 0 spiro atoms. The van der Waals surface area contributed by atoms with Crippen LogP contribution in [0.5, 0.6) is 0 Å². The lowest BCUT2D eigenvalue weighted by atomic mass is 10.0. The highest BCUT2D eigenvalue weighted by molar-refractivity contribution is 5.81. The summed E-state index contributed by atoms with van der Waals surface area (Å²) in [7, 11) is 1.82. The van der Waals surface area contributed by atoms with Crippen molar-refractivity contribution in [3.63, 3.8) is 0 Å². The molecule has 0 aromatic carbocycles. The third-order valence-electron chi connectivity index (χ3n) is 2.48. The lowest BCUT2D eigenvalue weighted by Crippen LogP contribution is -2.38. The van der Waals surface area contributed by atoms with E-state index in [0.29, 0.717) is 5.92 Å². The molecule has 0 aliphatic carbocycles. The van der Waals surface area contributed by atoms with Gasteiger partial charge in [0.15, 0.2) is 0 Å². The molecule has 1 rings (SSSR count). The van der Waals surface area contributed by atoms with Crippen LogP contribution in [0.2, 0.25) is 0 Å². The molecule has 0 N–H and O–H groups in total. The minimum atomic E-state index is -0.185. The summed E-state index contributed by atoms with van der Waals surface area (Å²) in [6.07, 6.45) is 0.823. The van der Waals surface area contributed by atoms with E-state index in [0.717, 1.165) is 19.6 Å². The average Bonchev–Trinajstić information content (AvgIpc) is 2.48. The van der Waals surface area contributed by atoms with Gasteiger partial charge < -0.3 is 9.64 Å². The van der Waals surface area contributed by atoms with E-state index in [4.69, 9.17) is 4.74 Å². The number of nitrogens with zero attached hydrogens (tertiary/aromatic N) is 1. The van der Waals surface area contributed by atoms with E-state index >= 15 is 0 Å². The summed E-state index contributed by atoms with van der Waals surface area (Å²) < 4.78 is 5.36. The van der Waals surface area contributed by atoms with Crippen molar-refractivity contribution in [2.45, 2.75) is 26.4 Å². The van der Waals surface area contributed by atoms with Crippen LogP contribution in [0.1, 0.15) is 20.3 Å². The molecule has 1 fully saturated rings. The minimum absolute atomic E-state index is 0.127. The van der Waals surface area contributed by atoms with Gasteiger partial charge in [-0.2, -0.15) is 0 Å². The lowest BCUT2D eigenvalue weighted by molar-refractivity contribution is -0.140. The monoisotopic (exact) mass is 171 g/mol. The number of hydrogen-bond acceptors (Lipinski definition) is 2. The fourth-order valence-electron chi connectivity index (χ4n) is 1.38. The number of amides is 1. The molecular weight excluding hydrogens is 154 g/mol. The molecule has 3 heteroatoms. The quantitative estimate of drug-likeness (QED) is 0.617. The van der Waals surface area contributed by atoms with Crippen molar-refractivity contribution in [2.75, 3.05) is 20.2 Å². The zero-order valence-electron chi connectivity index (χ0n) is 8.04. The van der Waals surface area contributed by atoms with Gasteiger partial charge in [0.1, 0.15) is 6.10 Å². The molecule has 0 radical (unpaired) electrons. The highest BCUT2D eigenvalue weighted by Gasteiger charge is 2.32. The highest BCUT2D eigenvalue weighted by atomic mass is 16.5. The number of ether oxygens (including phenoxy) is 1. The maximum Gasteiger partial charge on any atom is 0.251 e. The zero-order chi connectivity index (χ0) is 9.14. The summed E-state index contributed by atoms with van der Waals surface area (Å²) in [5.41, 5.74) is 0. The highest BCUT2D eigenvalue weighted by Crippen LogP contribution is 2.21. The summed E-state index contributed by atoms with van der Waals surface area (Å²) in [4.78, 5) is 13.3. The smallest absolute Gasteiger partial charge is 0.251 e. The van der Waals surface area contributed by atoms with E-state index < -0.39 is 0 Å². The normalized spacial score (nSPS) is 28.9. The second kappa shape index (κ2) is 3.90. The summed E-state index contributed by atoms with van der Waals surface area (Å²) in [5, 5.41) is 0. The third-order valence-corrected chi connectivity index (χ3v) is 2.48. The summed E-state index contributed by atoms with van der Waals surface area (Å²) in [5.74, 6) is 0.508. The molecule has 1 heterocycles. The van der Waals surface area contributed by atoms with Gasteiger partial charge in [0.25, 0.3) is 5.91 Å². The predicted octanol–water partition coefficient (Wildman–Crippen LogP) is 0.890.